The van der Waals surface area contributed by atoms with Crippen molar-refractivity contribution in [2.45, 2.75) is 238 Å². The molecular weight excluding hydrogens is 659 g/mol. The Morgan fingerprint density at radius 3 is 1.40 bits per heavy atom. The molecule has 0 aliphatic heterocycles. The van der Waals surface area contributed by atoms with E-state index in [0.717, 1.165) is 70.6 Å². The number of hydrogen-bond donors (Lipinski definition) is 3. The smallest absolute Gasteiger partial charge is 0.305 e. The van der Waals surface area contributed by atoms with Crippen molar-refractivity contribution >= 4 is 11.9 Å². The largest absolute Gasteiger partial charge is 0.466 e. The first-order chi connectivity index (χ1) is 26.0. The Morgan fingerprint density at radius 1 is 0.509 bits per heavy atom. The Morgan fingerprint density at radius 2 is 0.906 bits per heavy atom. The summed E-state index contributed by atoms with van der Waals surface area (Å²) in [4.78, 5) is 24.3. The molecule has 2 unspecified atom stereocenters. The number of carbonyl (C=O) groups is 2. The predicted octanol–water partition coefficient (Wildman–Crippen LogP) is 12.9. The topological polar surface area (TPSA) is 95.9 Å². The standard InChI is InChI=1S/C47H87NO5/c1-3-5-7-9-11-13-20-25-29-33-37-41-47(52)53-42-38-34-30-26-22-19-17-15-16-18-21-24-28-32-36-40-46(51)48-44(43-49)45(50)39-35-31-27-23-14-12-10-8-6-4-2/h9,11,17,19,35,39,44-45,49-50H,3-8,10,12-16,18,20-34,36-38,40-43H2,1-2H3,(H,48,51)/b11-9-,19-17-,39-35+. The molecular formula is C47H87NO5. The lowest BCUT2D eigenvalue weighted by Crippen LogP contribution is -2.45. The zero-order valence-electron chi connectivity index (χ0n) is 35.0. The number of hydrogen-bond acceptors (Lipinski definition) is 5. The quantitative estimate of drug-likeness (QED) is 0.0329. The van der Waals surface area contributed by atoms with E-state index < -0.39 is 12.1 Å². The lowest BCUT2D eigenvalue weighted by atomic mass is 10.1. The average molecular weight is 746 g/mol. The molecule has 0 aliphatic carbocycles. The van der Waals surface area contributed by atoms with Gasteiger partial charge in [-0.3, -0.25) is 9.59 Å². The molecule has 0 bridgehead atoms. The molecule has 6 nitrogen and oxygen atoms in total. The van der Waals surface area contributed by atoms with Gasteiger partial charge in [0.25, 0.3) is 0 Å². The van der Waals surface area contributed by atoms with Crippen molar-refractivity contribution in [3.8, 4) is 0 Å². The van der Waals surface area contributed by atoms with Crippen LogP contribution in [0.4, 0.5) is 0 Å². The molecule has 0 aromatic rings. The molecule has 2 atom stereocenters. The SMILES string of the molecule is CCCC/C=C\CCCCCCCC(=O)OCCCCCC/C=C\CCCCCCCCCC(=O)NC(CO)C(O)/C=C/CCCCCCCCCC. The van der Waals surface area contributed by atoms with Crippen LogP contribution in [0.5, 0.6) is 0 Å². The Kier molecular flexibility index (Phi) is 41.3. The maximum atomic E-state index is 12.3. The van der Waals surface area contributed by atoms with Crippen molar-refractivity contribution < 1.29 is 24.5 Å². The van der Waals surface area contributed by atoms with Gasteiger partial charge < -0.3 is 20.3 Å². The molecule has 1 amide bonds. The lowest BCUT2D eigenvalue weighted by Gasteiger charge is -2.20. The lowest BCUT2D eigenvalue weighted by molar-refractivity contribution is -0.143. The Balaban J connectivity index is 3.52. The third kappa shape index (κ3) is 39.6. The van der Waals surface area contributed by atoms with Crippen molar-refractivity contribution in [3.05, 3.63) is 36.5 Å². The van der Waals surface area contributed by atoms with Crippen molar-refractivity contribution in [2.75, 3.05) is 13.2 Å². The van der Waals surface area contributed by atoms with E-state index in [2.05, 4.69) is 43.5 Å². The van der Waals surface area contributed by atoms with E-state index in [1.54, 1.807) is 6.08 Å². The third-order valence-electron chi connectivity index (χ3n) is 10.1. The summed E-state index contributed by atoms with van der Waals surface area (Å²) in [5, 5.41) is 22.9. The van der Waals surface area contributed by atoms with Crippen molar-refractivity contribution in [1.82, 2.24) is 5.32 Å². The van der Waals surface area contributed by atoms with Crippen LogP contribution < -0.4 is 5.32 Å². The molecule has 0 saturated carbocycles. The van der Waals surface area contributed by atoms with Gasteiger partial charge in [-0.2, -0.15) is 0 Å². The highest BCUT2D eigenvalue weighted by atomic mass is 16.5. The van der Waals surface area contributed by atoms with Gasteiger partial charge in [0.05, 0.1) is 25.4 Å². The second kappa shape index (κ2) is 42.8. The molecule has 6 heteroatoms. The molecule has 0 fully saturated rings. The number of allylic oxidation sites excluding steroid dienone is 5. The molecule has 0 aromatic heterocycles. The van der Waals surface area contributed by atoms with E-state index in [1.165, 1.54) is 128 Å². The van der Waals surface area contributed by atoms with Crippen molar-refractivity contribution in [1.29, 1.82) is 0 Å². The van der Waals surface area contributed by atoms with Gasteiger partial charge in [-0.05, 0) is 77.0 Å². The highest BCUT2D eigenvalue weighted by Crippen LogP contribution is 2.13. The molecule has 53 heavy (non-hydrogen) atoms. The summed E-state index contributed by atoms with van der Waals surface area (Å²) in [5.41, 5.74) is 0. The van der Waals surface area contributed by atoms with Crippen LogP contribution in [-0.2, 0) is 14.3 Å². The second-order valence-electron chi connectivity index (χ2n) is 15.4. The molecule has 3 N–H and O–H groups in total. The Hall–Kier alpha value is -1.92. The molecule has 0 saturated heterocycles. The van der Waals surface area contributed by atoms with E-state index in [4.69, 9.17) is 4.74 Å². The number of aliphatic hydroxyl groups is 2. The monoisotopic (exact) mass is 746 g/mol. The third-order valence-corrected chi connectivity index (χ3v) is 10.1. The molecule has 0 aromatic carbocycles. The molecule has 310 valence electrons. The van der Waals surface area contributed by atoms with E-state index in [9.17, 15) is 19.8 Å². The number of carbonyl (C=O) groups excluding carboxylic acids is 2. The van der Waals surface area contributed by atoms with Crippen molar-refractivity contribution in [3.63, 3.8) is 0 Å². The fourth-order valence-electron chi connectivity index (χ4n) is 6.55. The summed E-state index contributed by atoms with van der Waals surface area (Å²) in [7, 11) is 0. The molecule has 0 spiro atoms. The summed E-state index contributed by atoms with van der Waals surface area (Å²) < 4.78 is 5.42. The predicted molar refractivity (Wildman–Crippen MR) is 227 cm³/mol. The zero-order valence-corrected chi connectivity index (χ0v) is 35.0. The van der Waals surface area contributed by atoms with E-state index in [-0.39, 0.29) is 18.5 Å². The highest BCUT2D eigenvalue weighted by Gasteiger charge is 2.18. The van der Waals surface area contributed by atoms with E-state index in [1.807, 2.05) is 6.08 Å². The number of nitrogens with one attached hydrogen (secondary N) is 1. The van der Waals surface area contributed by atoms with Gasteiger partial charge in [0.15, 0.2) is 0 Å². The van der Waals surface area contributed by atoms with Gasteiger partial charge in [-0.1, -0.05) is 172 Å². The second-order valence-corrected chi connectivity index (χ2v) is 15.4. The van der Waals surface area contributed by atoms with Crippen LogP contribution in [0, 0.1) is 0 Å². The van der Waals surface area contributed by atoms with Gasteiger partial charge in [-0.25, -0.2) is 0 Å². The first-order valence-electron chi connectivity index (χ1n) is 22.8. The first kappa shape index (κ1) is 51.1. The normalized spacial score (nSPS) is 13.1. The Labute approximate surface area is 328 Å². The van der Waals surface area contributed by atoms with Crippen molar-refractivity contribution in [2.24, 2.45) is 0 Å². The fraction of sp³-hybridized carbons (Fsp3) is 0.830. The van der Waals surface area contributed by atoms with Gasteiger partial charge >= 0.3 is 5.97 Å². The van der Waals surface area contributed by atoms with Crippen LogP contribution in [0.15, 0.2) is 36.5 Å². The van der Waals surface area contributed by atoms with Gasteiger partial charge in [-0.15, -0.1) is 0 Å². The van der Waals surface area contributed by atoms with Gasteiger partial charge in [0.1, 0.15) is 0 Å². The number of unbranched alkanes of at least 4 members (excludes halogenated alkanes) is 26. The van der Waals surface area contributed by atoms with Crippen LogP contribution in [0.1, 0.15) is 226 Å². The number of amides is 1. The summed E-state index contributed by atoms with van der Waals surface area (Å²) in [6.45, 7) is 4.79. The average Bonchev–Trinajstić information content (AvgIpc) is 3.16. The zero-order chi connectivity index (χ0) is 38.7. The molecule has 0 rings (SSSR count). The minimum atomic E-state index is -0.852. The summed E-state index contributed by atoms with van der Waals surface area (Å²) in [5.74, 6) is -0.111. The summed E-state index contributed by atoms with van der Waals surface area (Å²) in [6, 6.07) is -0.637. The molecule has 0 heterocycles. The first-order valence-corrected chi connectivity index (χ1v) is 22.8. The summed E-state index contributed by atoms with van der Waals surface area (Å²) >= 11 is 0. The summed E-state index contributed by atoms with van der Waals surface area (Å²) in [6.07, 6.45) is 49.9. The highest BCUT2D eigenvalue weighted by molar-refractivity contribution is 5.76. The van der Waals surface area contributed by atoms with Gasteiger partial charge in [0, 0.05) is 12.8 Å². The van der Waals surface area contributed by atoms with E-state index >= 15 is 0 Å². The van der Waals surface area contributed by atoms with E-state index in [0.29, 0.717) is 19.4 Å². The minimum absolute atomic E-state index is 0.0237. The maximum absolute atomic E-state index is 12.3. The maximum Gasteiger partial charge on any atom is 0.305 e. The van der Waals surface area contributed by atoms with Crippen LogP contribution in [0.3, 0.4) is 0 Å². The Bertz CT molecular complexity index is 869. The van der Waals surface area contributed by atoms with Crippen LogP contribution in [-0.4, -0.2) is 47.4 Å². The van der Waals surface area contributed by atoms with Crippen LogP contribution in [0.25, 0.3) is 0 Å². The molecule has 0 radical (unpaired) electrons. The number of esters is 1. The van der Waals surface area contributed by atoms with Gasteiger partial charge in [0.2, 0.25) is 5.91 Å². The van der Waals surface area contributed by atoms with Crippen LogP contribution in [0.2, 0.25) is 0 Å². The molecule has 0 aliphatic rings. The number of ether oxygens (including phenoxy) is 1. The van der Waals surface area contributed by atoms with Crippen LogP contribution >= 0.6 is 0 Å². The minimum Gasteiger partial charge on any atom is -0.466 e. The number of aliphatic hydroxyl groups excluding tert-OH is 2. The number of rotatable bonds is 41. The fourth-order valence-corrected chi connectivity index (χ4v) is 6.55.